The summed E-state index contributed by atoms with van der Waals surface area (Å²) in [6, 6.07) is 5.00. The van der Waals surface area contributed by atoms with Gasteiger partial charge in [-0.1, -0.05) is 25.6 Å². The number of methoxy groups -OCH3 is 1. The molecular weight excluding hydrogens is 306 g/mol. The van der Waals surface area contributed by atoms with Crippen LogP contribution in [0.15, 0.2) is 18.2 Å². The molecule has 2 rings (SSSR count). The van der Waals surface area contributed by atoms with E-state index in [1.165, 1.54) is 7.11 Å². The predicted octanol–water partition coefficient (Wildman–Crippen LogP) is 2.94. The minimum Gasteiger partial charge on any atom is -0.465 e. The summed E-state index contributed by atoms with van der Waals surface area (Å²) in [7, 11) is -0.238. The van der Waals surface area contributed by atoms with Crippen molar-refractivity contribution in [3.63, 3.8) is 0 Å². The van der Waals surface area contributed by atoms with Crippen molar-refractivity contribution in [3.05, 3.63) is 34.9 Å². The van der Waals surface area contributed by atoms with Crippen molar-refractivity contribution in [1.82, 2.24) is 4.90 Å². The van der Waals surface area contributed by atoms with E-state index in [-0.39, 0.29) is 5.91 Å². The number of nitrogens with zero attached hydrogens (tertiary/aromatic N) is 1. The summed E-state index contributed by atoms with van der Waals surface area (Å²) in [6.07, 6.45) is 2.09. The minimum atomic E-state index is -1.58. The summed E-state index contributed by atoms with van der Waals surface area (Å²) >= 11 is 0. The van der Waals surface area contributed by atoms with Crippen molar-refractivity contribution in [2.45, 2.75) is 32.5 Å². The second-order valence-corrected chi connectivity index (χ2v) is 11.5. The quantitative estimate of drug-likeness (QED) is 0.476. The third-order valence-electron chi connectivity index (χ3n) is 3.64. The molecule has 23 heavy (non-hydrogen) atoms. The molecule has 1 heterocycles. The molecule has 1 amide bonds. The molecule has 0 bridgehead atoms. The molecule has 1 aromatic carbocycles. The topological polar surface area (TPSA) is 46.6 Å². The molecule has 0 radical (unpaired) electrons. The Balaban J connectivity index is 2.45. The van der Waals surface area contributed by atoms with Gasteiger partial charge in [0, 0.05) is 18.7 Å². The maximum Gasteiger partial charge on any atom is 0.337 e. The van der Waals surface area contributed by atoms with E-state index in [4.69, 9.17) is 4.74 Å². The summed E-state index contributed by atoms with van der Waals surface area (Å²) in [5.74, 6) is 2.72. The lowest BCUT2D eigenvalue weighted by atomic mass is 10.0. The van der Waals surface area contributed by atoms with Gasteiger partial charge < -0.3 is 9.64 Å². The molecule has 1 aromatic rings. The maximum absolute atomic E-state index is 12.7. The summed E-state index contributed by atoms with van der Waals surface area (Å²) in [5.41, 5.74) is 4.89. The highest BCUT2D eigenvalue weighted by atomic mass is 28.3. The van der Waals surface area contributed by atoms with Gasteiger partial charge in [-0.25, -0.2) is 4.79 Å². The highest BCUT2D eigenvalue weighted by Gasteiger charge is 2.22. The van der Waals surface area contributed by atoms with Crippen molar-refractivity contribution in [3.8, 4) is 11.5 Å². The zero-order valence-corrected chi connectivity index (χ0v) is 15.2. The number of carbonyl (C=O) groups excluding carboxylic acids is 2. The van der Waals surface area contributed by atoms with Crippen molar-refractivity contribution in [2.75, 3.05) is 20.2 Å². The molecule has 0 unspecified atom stereocenters. The van der Waals surface area contributed by atoms with Gasteiger partial charge in [-0.3, -0.25) is 4.79 Å². The van der Waals surface area contributed by atoms with Gasteiger partial charge in [0.15, 0.2) is 0 Å². The fourth-order valence-electron chi connectivity index (χ4n) is 2.42. The van der Waals surface area contributed by atoms with Gasteiger partial charge in [0.1, 0.15) is 8.07 Å². The van der Waals surface area contributed by atoms with Gasteiger partial charge in [0.05, 0.1) is 18.2 Å². The van der Waals surface area contributed by atoms with Crippen LogP contribution in [0.4, 0.5) is 0 Å². The van der Waals surface area contributed by atoms with E-state index in [1.54, 1.807) is 18.2 Å². The van der Waals surface area contributed by atoms with Crippen LogP contribution < -0.4 is 0 Å². The third-order valence-corrected chi connectivity index (χ3v) is 4.51. The van der Waals surface area contributed by atoms with Crippen LogP contribution in [-0.4, -0.2) is 45.0 Å². The average molecular weight is 329 g/mol. The molecule has 122 valence electrons. The van der Waals surface area contributed by atoms with E-state index in [2.05, 4.69) is 31.1 Å². The molecule has 0 spiro atoms. The Bertz CT molecular complexity index is 674. The maximum atomic E-state index is 12.7. The average Bonchev–Trinajstić information content (AvgIpc) is 3.05. The zero-order chi connectivity index (χ0) is 17.0. The lowest BCUT2D eigenvalue weighted by Crippen LogP contribution is -2.28. The Kier molecular flexibility index (Phi) is 5.27. The van der Waals surface area contributed by atoms with Gasteiger partial charge in [0.25, 0.3) is 5.91 Å². The molecule has 0 aromatic heterocycles. The lowest BCUT2D eigenvalue weighted by molar-refractivity contribution is 0.0600. The molecule has 0 N–H and O–H groups in total. The highest BCUT2D eigenvalue weighted by Crippen LogP contribution is 2.18. The van der Waals surface area contributed by atoms with E-state index in [0.717, 1.165) is 25.9 Å². The predicted molar refractivity (Wildman–Crippen MR) is 93.1 cm³/mol. The van der Waals surface area contributed by atoms with Crippen LogP contribution in [0.2, 0.25) is 19.6 Å². The molecular formula is C18H23NO3Si. The Labute approximate surface area is 138 Å². The van der Waals surface area contributed by atoms with Crippen molar-refractivity contribution in [1.29, 1.82) is 0 Å². The first-order chi connectivity index (χ1) is 10.8. The second-order valence-electron chi connectivity index (χ2n) is 6.75. The van der Waals surface area contributed by atoms with Crippen LogP contribution in [-0.2, 0) is 4.74 Å². The van der Waals surface area contributed by atoms with Gasteiger partial charge >= 0.3 is 5.97 Å². The number of esters is 1. The van der Waals surface area contributed by atoms with Crippen LogP contribution in [0.1, 0.15) is 39.1 Å². The molecule has 0 saturated carbocycles. The number of benzene rings is 1. The van der Waals surface area contributed by atoms with Crippen molar-refractivity contribution < 1.29 is 14.3 Å². The first kappa shape index (κ1) is 17.3. The molecule has 5 heteroatoms. The van der Waals surface area contributed by atoms with Crippen LogP contribution in [0, 0.1) is 11.5 Å². The fraction of sp³-hybridized carbons (Fsp3) is 0.444. The van der Waals surface area contributed by atoms with Crippen LogP contribution in [0.5, 0.6) is 0 Å². The number of carbonyl (C=O) groups is 2. The Hall–Kier alpha value is -2.06. The molecule has 1 fully saturated rings. The van der Waals surface area contributed by atoms with E-state index in [9.17, 15) is 9.59 Å². The number of ether oxygens (including phenoxy) is 1. The largest absolute Gasteiger partial charge is 0.465 e. The molecule has 1 aliphatic heterocycles. The Morgan fingerprint density at radius 3 is 2.39 bits per heavy atom. The number of rotatable bonds is 2. The molecule has 0 atom stereocenters. The molecule has 1 aliphatic rings. The van der Waals surface area contributed by atoms with Gasteiger partial charge in [-0.05, 0) is 31.0 Å². The highest BCUT2D eigenvalue weighted by molar-refractivity contribution is 6.83. The Morgan fingerprint density at radius 2 is 1.83 bits per heavy atom. The van der Waals surface area contributed by atoms with Gasteiger partial charge in [0.2, 0.25) is 0 Å². The van der Waals surface area contributed by atoms with E-state index < -0.39 is 14.0 Å². The Morgan fingerprint density at radius 1 is 1.17 bits per heavy atom. The number of hydrogen-bond acceptors (Lipinski definition) is 3. The van der Waals surface area contributed by atoms with Crippen LogP contribution in [0.25, 0.3) is 0 Å². The van der Waals surface area contributed by atoms with E-state index >= 15 is 0 Å². The normalized spacial score (nSPS) is 14.2. The minimum absolute atomic E-state index is 0.00112. The standard InChI is InChI=1S/C18H23NO3Si/c1-22-18(21)15-7-8-16(17(20)19-10-5-6-11-19)14(13-15)9-12-23(2,3)4/h7-8,13H,5-6,10-11H2,1-4H3. The second kappa shape index (κ2) is 7.01. The molecule has 1 saturated heterocycles. The number of amides is 1. The smallest absolute Gasteiger partial charge is 0.337 e. The van der Waals surface area contributed by atoms with Crippen molar-refractivity contribution in [2.24, 2.45) is 0 Å². The molecule has 0 aliphatic carbocycles. The van der Waals surface area contributed by atoms with Crippen molar-refractivity contribution >= 4 is 20.0 Å². The van der Waals surface area contributed by atoms with Gasteiger partial charge in [-0.2, -0.15) is 0 Å². The summed E-state index contributed by atoms with van der Waals surface area (Å²) < 4.78 is 4.76. The van der Waals surface area contributed by atoms with E-state index in [0.29, 0.717) is 16.7 Å². The first-order valence-electron chi connectivity index (χ1n) is 7.86. The lowest BCUT2D eigenvalue weighted by Gasteiger charge is -2.16. The molecule has 4 nitrogen and oxygen atoms in total. The fourth-order valence-corrected chi connectivity index (χ4v) is 2.93. The van der Waals surface area contributed by atoms with E-state index in [1.807, 2.05) is 4.90 Å². The number of likely N-dealkylation sites (tertiary alicyclic amines) is 1. The third kappa shape index (κ3) is 4.46. The summed E-state index contributed by atoms with van der Waals surface area (Å²) in [4.78, 5) is 26.3. The zero-order valence-electron chi connectivity index (χ0n) is 14.2. The van der Waals surface area contributed by atoms with Gasteiger partial charge in [-0.15, -0.1) is 5.54 Å². The summed E-state index contributed by atoms with van der Waals surface area (Å²) in [6.45, 7) is 8.02. The monoisotopic (exact) mass is 329 g/mol. The number of hydrogen-bond donors (Lipinski definition) is 0. The first-order valence-corrected chi connectivity index (χ1v) is 11.4. The van der Waals surface area contributed by atoms with Crippen LogP contribution >= 0.6 is 0 Å². The van der Waals surface area contributed by atoms with Crippen LogP contribution in [0.3, 0.4) is 0 Å². The summed E-state index contributed by atoms with van der Waals surface area (Å²) in [5, 5.41) is 0. The SMILES string of the molecule is COC(=O)c1ccc(C(=O)N2CCCC2)c(C#C[Si](C)(C)C)c1.